The number of carbonyl (C=O) groups is 1. The fraction of sp³-hybridized carbons (Fsp3) is 0.538. The number of fused-ring (bicyclic) bond motifs is 3. The SMILES string of the molecule is CC1Oc2cc(OC[C@H](CC3CCCC3)NC(=O)OC(C)(C)C)ccc2-c2ncccc21. The van der Waals surface area contributed by atoms with Crippen LogP contribution in [0.5, 0.6) is 11.5 Å². The quantitative estimate of drug-likeness (QED) is 0.594. The molecule has 2 heterocycles. The molecule has 6 nitrogen and oxygen atoms in total. The molecule has 1 aromatic carbocycles. The molecule has 1 saturated carbocycles. The summed E-state index contributed by atoms with van der Waals surface area (Å²) in [5, 5.41) is 3.03. The molecule has 1 amide bonds. The lowest BCUT2D eigenvalue weighted by Gasteiger charge is -2.27. The topological polar surface area (TPSA) is 69.7 Å². The van der Waals surface area contributed by atoms with E-state index in [9.17, 15) is 4.79 Å². The van der Waals surface area contributed by atoms with Crippen LogP contribution in [0.4, 0.5) is 4.79 Å². The number of hydrogen-bond donors (Lipinski definition) is 1. The van der Waals surface area contributed by atoms with Gasteiger partial charge in [0, 0.05) is 23.4 Å². The van der Waals surface area contributed by atoms with E-state index in [0.717, 1.165) is 34.7 Å². The minimum absolute atomic E-state index is 0.0644. The molecule has 1 aromatic heterocycles. The number of nitrogens with one attached hydrogen (secondary N) is 1. The second-order valence-corrected chi connectivity index (χ2v) is 9.90. The zero-order valence-electron chi connectivity index (χ0n) is 19.5. The molecule has 0 spiro atoms. The van der Waals surface area contributed by atoms with E-state index >= 15 is 0 Å². The smallest absolute Gasteiger partial charge is 0.407 e. The van der Waals surface area contributed by atoms with E-state index in [1.165, 1.54) is 25.7 Å². The van der Waals surface area contributed by atoms with Crippen molar-refractivity contribution < 1.29 is 19.0 Å². The van der Waals surface area contributed by atoms with Gasteiger partial charge in [-0.25, -0.2) is 4.79 Å². The number of rotatable bonds is 6. The highest BCUT2D eigenvalue weighted by molar-refractivity contribution is 5.73. The van der Waals surface area contributed by atoms with Gasteiger partial charge in [-0.15, -0.1) is 0 Å². The molecular weight excluding hydrogens is 404 g/mol. The number of aromatic nitrogens is 1. The summed E-state index contributed by atoms with van der Waals surface area (Å²) in [7, 11) is 0. The Bertz CT molecular complexity index is 947. The Kier molecular flexibility index (Phi) is 6.58. The molecule has 6 heteroatoms. The van der Waals surface area contributed by atoms with Crippen LogP contribution >= 0.6 is 0 Å². The first-order chi connectivity index (χ1) is 15.3. The number of alkyl carbamates (subject to hydrolysis) is 1. The highest BCUT2D eigenvalue weighted by atomic mass is 16.6. The number of pyridine rings is 1. The molecule has 1 fully saturated rings. The predicted octanol–water partition coefficient (Wildman–Crippen LogP) is 6.05. The normalized spacial score (nSPS) is 18.8. The van der Waals surface area contributed by atoms with E-state index in [0.29, 0.717) is 12.5 Å². The van der Waals surface area contributed by atoms with Gasteiger partial charge in [0.25, 0.3) is 0 Å². The van der Waals surface area contributed by atoms with Crippen LogP contribution < -0.4 is 14.8 Å². The van der Waals surface area contributed by atoms with Crippen molar-refractivity contribution in [2.24, 2.45) is 5.92 Å². The summed E-state index contributed by atoms with van der Waals surface area (Å²) in [4.78, 5) is 16.9. The Morgan fingerprint density at radius 2 is 2.03 bits per heavy atom. The van der Waals surface area contributed by atoms with Gasteiger partial charge in [0.1, 0.15) is 29.8 Å². The molecule has 2 aliphatic rings. The Balaban J connectivity index is 1.44. The lowest BCUT2D eigenvalue weighted by atomic mass is 9.98. The van der Waals surface area contributed by atoms with Crippen molar-refractivity contribution in [2.75, 3.05) is 6.61 Å². The van der Waals surface area contributed by atoms with E-state index in [4.69, 9.17) is 14.2 Å². The highest BCUT2D eigenvalue weighted by Crippen LogP contribution is 2.42. The predicted molar refractivity (Wildman–Crippen MR) is 124 cm³/mol. The number of nitrogens with zero attached hydrogens (tertiary/aromatic N) is 1. The lowest BCUT2D eigenvalue weighted by molar-refractivity contribution is 0.0478. The number of benzene rings is 1. The van der Waals surface area contributed by atoms with E-state index in [2.05, 4.69) is 16.4 Å². The number of amides is 1. The van der Waals surface area contributed by atoms with Gasteiger partial charge in [-0.3, -0.25) is 4.98 Å². The summed E-state index contributed by atoms with van der Waals surface area (Å²) in [5.41, 5.74) is 2.49. The van der Waals surface area contributed by atoms with E-state index in [1.54, 1.807) is 6.20 Å². The van der Waals surface area contributed by atoms with Gasteiger partial charge in [-0.1, -0.05) is 31.7 Å². The van der Waals surface area contributed by atoms with Crippen molar-refractivity contribution in [3.63, 3.8) is 0 Å². The van der Waals surface area contributed by atoms with Crippen LogP contribution in [0.25, 0.3) is 11.3 Å². The summed E-state index contributed by atoms with van der Waals surface area (Å²) in [6.45, 7) is 8.03. The Morgan fingerprint density at radius 1 is 1.25 bits per heavy atom. The van der Waals surface area contributed by atoms with Crippen LogP contribution in [0.3, 0.4) is 0 Å². The summed E-state index contributed by atoms with van der Waals surface area (Å²) >= 11 is 0. The van der Waals surface area contributed by atoms with Crippen LogP contribution in [0.1, 0.15) is 71.5 Å². The zero-order chi connectivity index (χ0) is 22.7. The molecule has 4 rings (SSSR count). The van der Waals surface area contributed by atoms with Crippen LogP contribution in [-0.4, -0.2) is 29.3 Å². The first-order valence-corrected chi connectivity index (χ1v) is 11.7. The summed E-state index contributed by atoms with van der Waals surface area (Å²) in [5.74, 6) is 2.11. The monoisotopic (exact) mass is 438 g/mol. The van der Waals surface area contributed by atoms with Gasteiger partial charge in [0.2, 0.25) is 0 Å². The summed E-state index contributed by atoms with van der Waals surface area (Å²) < 4.78 is 17.7. The number of ether oxygens (including phenoxy) is 3. The third kappa shape index (κ3) is 5.53. The average molecular weight is 439 g/mol. The summed E-state index contributed by atoms with van der Waals surface area (Å²) in [6.07, 6.45) is 7.20. The maximum Gasteiger partial charge on any atom is 0.407 e. The summed E-state index contributed by atoms with van der Waals surface area (Å²) in [6, 6.07) is 9.74. The lowest BCUT2D eigenvalue weighted by Crippen LogP contribution is -2.43. The molecule has 172 valence electrons. The van der Waals surface area contributed by atoms with Crippen LogP contribution in [0.15, 0.2) is 36.5 Å². The highest BCUT2D eigenvalue weighted by Gasteiger charge is 2.26. The van der Waals surface area contributed by atoms with Crippen molar-refractivity contribution in [3.8, 4) is 22.8 Å². The van der Waals surface area contributed by atoms with Gasteiger partial charge in [-0.05, 0) is 58.2 Å². The zero-order valence-corrected chi connectivity index (χ0v) is 19.5. The molecule has 0 radical (unpaired) electrons. The molecule has 0 bridgehead atoms. The Morgan fingerprint density at radius 3 is 2.78 bits per heavy atom. The first-order valence-electron chi connectivity index (χ1n) is 11.7. The van der Waals surface area contributed by atoms with Gasteiger partial charge >= 0.3 is 6.09 Å². The third-order valence-electron chi connectivity index (χ3n) is 6.05. The molecule has 1 aliphatic carbocycles. The molecule has 1 unspecified atom stereocenters. The maximum atomic E-state index is 12.4. The standard InChI is InChI=1S/C26H34N2O4/c1-17-21-10-7-13-27-24(21)22-12-11-20(15-23(22)31-17)30-16-19(14-18-8-5-6-9-18)28-25(29)32-26(2,3)4/h7,10-13,15,17-19H,5-6,8-9,14,16H2,1-4H3,(H,28,29)/t17?,19-/m0/s1. The average Bonchev–Trinajstić information content (AvgIpc) is 3.24. The van der Waals surface area contributed by atoms with Gasteiger partial charge in [0.15, 0.2) is 0 Å². The minimum atomic E-state index is -0.528. The molecular formula is C26H34N2O4. The van der Waals surface area contributed by atoms with Crippen molar-refractivity contribution in [1.29, 1.82) is 0 Å². The van der Waals surface area contributed by atoms with E-state index in [-0.39, 0.29) is 12.1 Å². The molecule has 32 heavy (non-hydrogen) atoms. The second-order valence-electron chi connectivity index (χ2n) is 9.90. The maximum absolute atomic E-state index is 12.4. The van der Waals surface area contributed by atoms with Crippen molar-refractivity contribution in [3.05, 3.63) is 42.1 Å². The number of hydrogen-bond acceptors (Lipinski definition) is 5. The van der Waals surface area contributed by atoms with Crippen molar-refractivity contribution >= 4 is 6.09 Å². The van der Waals surface area contributed by atoms with Crippen LogP contribution in [0.2, 0.25) is 0 Å². The Labute approximate surface area is 190 Å². The van der Waals surface area contributed by atoms with Crippen LogP contribution in [-0.2, 0) is 4.74 Å². The molecule has 2 atom stereocenters. The van der Waals surface area contributed by atoms with Gasteiger partial charge in [0.05, 0.1) is 11.7 Å². The van der Waals surface area contributed by atoms with Crippen LogP contribution in [0, 0.1) is 5.92 Å². The first kappa shape index (κ1) is 22.4. The van der Waals surface area contributed by atoms with Crippen molar-refractivity contribution in [2.45, 2.75) is 77.5 Å². The third-order valence-corrected chi connectivity index (χ3v) is 6.05. The van der Waals surface area contributed by atoms with E-state index < -0.39 is 11.7 Å². The fourth-order valence-corrected chi connectivity index (χ4v) is 4.60. The molecule has 0 saturated heterocycles. The Hall–Kier alpha value is -2.76. The number of carbonyl (C=O) groups excluding carboxylic acids is 1. The molecule has 1 N–H and O–H groups in total. The largest absolute Gasteiger partial charge is 0.491 e. The van der Waals surface area contributed by atoms with Crippen molar-refractivity contribution in [1.82, 2.24) is 10.3 Å². The molecule has 1 aliphatic heterocycles. The fourth-order valence-electron chi connectivity index (χ4n) is 4.60. The molecule has 2 aromatic rings. The second kappa shape index (κ2) is 9.39. The van der Waals surface area contributed by atoms with Gasteiger partial charge < -0.3 is 19.5 Å². The van der Waals surface area contributed by atoms with E-state index in [1.807, 2.05) is 52.0 Å². The minimum Gasteiger partial charge on any atom is -0.491 e. The van der Waals surface area contributed by atoms with Gasteiger partial charge in [-0.2, -0.15) is 0 Å².